The number of nitrogens with one attached hydrogen (secondary N) is 1. The first-order chi connectivity index (χ1) is 6.76. The summed E-state index contributed by atoms with van der Waals surface area (Å²) < 4.78 is 0. The summed E-state index contributed by atoms with van der Waals surface area (Å²) in [5.74, 6) is 1.45. The van der Waals surface area contributed by atoms with Gasteiger partial charge >= 0.3 is 0 Å². The van der Waals surface area contributed by atoms with E-state index in [0.717, 1.165) is 19.4 Å². The van der Waals surface area contributed by atoms with Gasteiger partial charge in [-0.25, -0.2) is 0 Å². The third kappa shape index (κ3) is 3.33. The smallest absolute Gasteiger partial charge is 0.227 e. The second kappa shape index (κ2) is 5.59. The Bertz CT molecular complexity index is 291. The molecule has 0 saturated heterocycles. The second-order valence-corrected chi connectivity index (χ2v) is 3.11. The Labute approximate surface area is 88.1 Å². The van der Waals surface area contributed by atoms with Crippen molar-refractivity contribution in [1.82, 2.24) is 15.0 Å². The minimum absolute atomic E-state index is 0.203. The van der Waals surface area contributed by atoms with Crippen molar-refractivity contribution in [2.75, 3.05) is 17.6 Å². The highest BCUT2D eigenvalue weighted by Crippen LogP contribution is 2.04. The van der Waals surface area contributed by atoms with Crippen molar-refractivity contribution in [2.45, 2.75) is 25.6 Å². The zero-order chi connectivity index (χ0) is 10.4. The van der Waals surface area contributed by atoms with Crippen LogP contribution in [0.4, 0.5) is 11.9 Å². The Hall–Kier alpha value is -1.10. The number of hydrogen-bond donors (Lipinski definition) is 2. The van der Waals surface area contributed by atoms with E-state index in [1.807, 2.05) is 0 Å². The summed E-state index contributed by atoms with van der Waals surface area (Å²) in [6, 6.07) is 0. The summed E-state index contributed by atoms with van der Waals surface area (Å²) in [4.78, 5) is 11.9. The standard InChI is InChI=1S/C8H14ClN5/c1-2-3-4-11-8-13-6(5-9)12-7(10)14-8/h2-5H2,1H3,(H3,10,11,12,13,14). The maximum atomic E-state index is 5.60. The molecule has 0 unspecified atom stereocenters. The van der Waals surface area contributed by atoms with Crippen LogP contribution in [0.15, 0.2) is 0 Å². The minimum Gasteiger partial charge on any atom is -0.368 e. The lowest BCUT2D eigenvalue weighted by atomic mass is 10.3. The fourth-order valence-electron chi connectivity index (χ4n) is 0.954. The molecule has 6 heteroatoms. The fourth-order valence-corrected chi connectivity index (χ4v) is 1.07. The SMILES string of the molecule is CCCCNc1nc(N)nc(CCl)n1. The van der Waals surface area contributed by atoms with E-state index in [2.05, 4.69) is 27.2 Å². The third-order valence-electron chi connectivity index (χ3n) is 1.63. The number of anilines is 2. The molecule has 0 fully saturated rings. The molecule has 1 aromatic heterocycles. The molecule has 0 saturated carbocycles. The summed E-state index contributed by atoms with van der Waals surface area (Å²) >= 11 is 5.60. The van der Waals surface area contributed by atoms with Gasteiger partial charge in [-0.05, 0) is 6.42 Å². The summed E-state index contributed by atoms with van der Waals surface area (Å²) in [6.07, 6.45) is 2.19. The van der Waals surface area contributed by atoms with Gasteiger partial charge in [0.05, 0.1) is 5.88 Å². The second-order valence-electron chi connectivity index (χ2n) is 2.85. The van der Waals surface area contributed by atoms with E-state index in [4.69, 9.17) is 17.3 Å². The number of nitrogens with two attached hydrogens (primary N) is 1. The molecule has 0 aromatic carbocycles. The number of hydrogen-bond acceptors (Lipinski definition) is 5. The van der Waals surface area contributed by atoms with Gasteiger partial charge in [0.1, 0.15) is 0 Å². The maximum absolute atomic E-state index is 5.60. The van der Waals surface area contributed by atoms with Crippen molar-refractivity contribution < 1.29 is 0 Å². The molecule has 0 amide bonds. The number of alkyl halides is 1. The van der Waals surface area contributed by atoms with Crippen molar-refractivity contribution >= 4 is 23.5 Å². The number of aromatic nitrogens is 3. The molecule has 0 aliphatic rings. The Kier molecular flexibility index (Phi) is 4.39. The van der Waals surface area contributed by atoms with Crippen LogP contribution in [0.2, 0.25) is 0 Å². The van der Waals surface area contributed by atoms with Crippen LogP contribution in [0.1, 0.15) is 25.6 Å². The predicted octanol–water partition coefficient (Wildman–Crippen LogP) is 1.40. The van der Waals surface area contributed by atoms with E-state index >= 15 is 0 Å². The molecule has 3 N–H and O–H groups in total. The average molecular weight is 216 g/mol. The summed E-state index contributed by atoms with van der Waals surface area (Å²) in [7, 11) is 0. The Balaban J connectivity index is 2.62. The van der Waals surface area contributed by atoms with Crippen LogP contribution in [0.5, 0.6) is 0 Å². The van der Waals surface area contributed by atoms with Gasteiger partial charge in [0.15, 0.2) is 5.82 Å². The molecule has 0 bridgehead atoms. The molecule has 78 valence electrons. The van der Waals surface area contributed by atoms with E-state index in [1.54, 1.807) is 0 Å². The van der Waals surface area contributed by atoms with Crippen molar-refractivity contribution in [3.63, 3.8) is 0 Å². The predicted molar refractivity (Wildman–Crippen MR) is 57.2 cm³/mol. The minimum atomic E-state index is 0.203. The van der Waals surface area contributed by atoms with Crippen LogP contribution in [-0.4, -0.2) is 21.5 Å². The maximum Gasteiger partial charge on any atom is 0.227 e. The topological polar surface area (TPSA) is 76.7 Å². The first-order valence-corrected chi connectivity index (χ1v) is 5.10. The first-order valence-electron chi connectivity index (χ1n) is 4.56. The van der Waals surface area contributed by atoms with Gasteiger partial charge in [-0.2, -0.15) is 15.0 Å². The molecule has 0 spiro atoms. The summed E-state index contributed by atoms with van der Waals surface area (Å²) in [5.41, 5.74) is 5.48. The number of nitrogen functional groups attached to an aromatic ring is 1. The molecule has 1 aromatic rings. The largest absolute Gasteiger partial charge is 0.368 e. The molecular formula is C8H14ClN5. The lowest BCUT2D eigenvalue weighted by molar-refractivity contribution is 0.821. The number of nitrogens with zero attached hydrogens (tertiary/aromatic N) is 3. The number of halogens is 1. The summed E-state index contributed by atoms with van der Waals surface area (Å²) in [5, 5.41) is 3.06. The molecule has 5 nitrogen and oxygen atoms in total. The molecule has 0 radical (unpaired) electrons. The van der Waals surface area contributed by atoms with Gasteiger partial charge in [0.25, 0.3) is 0 Å². The average Bonchev–Trinajstić information content (AvgIpc) is 2.17. The van der Waals surface area contributed by atoms with Gasteiger partial charge in [-0.3, -0.25) is 0 Å². The number of unbranched alkanes of at least 4 members (excludes halogenated alkanes) is 1. The van der Waals surface area contributed by atoms with Crippen molar-refractivity contribution in [2.24, 2.45) is 0 Å². The first kappa shape index (κ1) is 11.0. The van der Waals surface area contributed by atoms with Crippen molar-refractivity contribution in [1.29, 1.82) is 0 Å². The molecule has 14 heavy (non-hydrogen) atoms. The highest BCUT2D eigenvalue weighted by Gasteiger charge is 2.01. The normalized spacial score (nSPS) is 10.1. The van der Waals surface area contributed by atoms with Gasteiger partial charge in [-0.15, -0.1) is 11.6 Å². The van der Waals surface area contributed by atoms with Gasteiger partial charge in [0, 0.05) is 6.54 Å². The Morgan fingerprint density at radius 1 is 1.36 bits per heavy atom. The monoisotopic (exact) mass is 215 g/mol. The zero-order valence-corrected chi connectivity index (χ0v) is 8.88. The lowest BCUT2D eigenvalue weighted by Crippen LogP contribution is -2.09. The van der Waals surface area contributed by atoms with Gasteiger partial charge < -0.3 is 11.1 Å². The van der Waals surface area contributed by atoms with Crippen LogP contribution in [0.3, 0.4) is 0 Å². The zero-order valence-electron chi connectivity index (χ0n) is 8.13. The Morgan fingerprint density at radius 2 is 2.14 bits per heavy atom. The van der Waals surface area contributed by atoms with Crippen molar-refractivity contribution in [3.05, 3.63) is 5.82 Å². The molecular weight excluding hydrogens is 202 g/mol. The third-order valence-corrected chi connectivity index (χ3v) is 1.87. The van der Waals surface area contributed by atoms with Crippen LogP contribution in [-0.2, 0) is 5.88 Å². The van der Waals surface area contributed by atoms with E-state index in [9.17, 15) is 0 Å². The molecule has 0 atom stereocenters. The van der Waals surface area contributed by atoms with E-state index in [-0.39, 0.29) is 11.8 Å². The molecule has 1 rings (SSSR count). The highest BCUT2D eigenvalue weighted by atomic mass is 35.5. The number of rotatable bonds is 5. The summed E-state index contributed by atoms with van der Waals surface area (Å²) in [6.45, 7) is 2.95. The lowest BCUT2D eigenvalue weighted by Gasteiger charge is -2.04. The van der Waals surface area contributed by atoms with E-state index < -0.39 is 0 Å². The van der Waals surface area contributed by atoms with Crippen LogP contribution < -0.4 is 11.1 Å². The highest BCUT2D eigenvalue weighted by molar-refractivity contribution is 6.16. The van der Waals surface area contributed by atoms with Gasteiger partial charge in [0.2, 0.25) is 11.9 Å². The van der Waals surface area contributed by atoms with Gasteiger partial charge in [-0.1, -0.05) is 13.3 Å². The quantitative estimate of drug-likeness (QED) is 0.574. The van der Waals surface area contributed by atoms with Crippen molar-refractivity contribution in [3.8, 4) is 0 Å². The molecule has 0 aliphatic carbocycles. The van der Waals surface area contributed by atoms with Crippen LogP contribution in [0.25, 0.3) is 0 Å². The fraction of sp³-hybridized carbons (Fsp3) is 0.625. The van der Waals surface area contributed by atoms with Crippen LogP contribution >= 0.6 is 11.6 Å². The molecule has 0 aliphatic heterocycles. The Morgan fingerprint density at radius 3 is 2.79 bits per heavy atom. The van der Waals surface area contributed by atoms with Crippen LogP contribution in [0, 0.1) is 0 Å². The van der Waals surface area contributed by atoms with E-state index in [0.29, 0.717) is 11.8 Å². The molecule has 1 heterocycles. The van der Waals surface area contributed by atoms with E-state index in [1.165, 1.54) is 0 Å².